The monoisotopic (exact) mass is 576 g/mol. The lowest BCUT2D eigenvalue weighted by Crippen LogP contribution is -2.36. The van der Waals surface area contributed by atoms with E-state index in [1.165, 1.54) is 0 Å². The summed E-state index contributed by atoms with van der Waals surface area (Å²) >= 11 is 0. The minimum absolute atomic E-state index is 0.225. The maximum absolute atomic E-state index is 11.8. The Hall–Kier alpha value is -3.75. The lowest BCUT2D eigenvalue weighted by Gasteiger charge is -2.37. The third-order valence-corrected chi connectivity index (χ3v) is 7.86. The summed E-state index contributed by atoms with van der Waals surface area (Å²) in [7, 11) is 0.0767. The standard InChI is InChI=1S/C31H33N2O7P/c1-36-26-12-8-24(9-13-26)31(23-6-4-3-5-7-23,25-10-14-27(37-2)15-11-25)38-21-22-18-28(19-29(22)40-41(34)35)39-30-20-32-16-17-33-30/h3-17,20,22,28-29,41H,18-19,21H2,1-2H3,(H,34,35)/t22-,28-,29+/m1/s1. The molecule has 1 N–H and O–H groups in total. The molecule has 214 valence electrons. The van der Waals surface area contributed by atoms with Crippen molar-refractivity contribution in [3.05, 3.63) is 114 Å². The molecule has 1 aromatic heterocycles. The number of nitrogens with zero attached hydrogens (tertiary/aromatic N) is 2. The Balaban J connectivity index is 1.52. The number of rotatable bonds is 12. The van der Waals surface area contributed by atoms with E-state index < -0.39 is 20.0 Å². The average Bonchev–Trinajstić information content (AvgIpc) is 3.38. The molecule has 1 unspecified atom stereocenters. The van der Waals surface area contributed by atoms with Crippen molar-refractivity contribution >= 4 is 8.25 Å². The largest absolute Gasteiger partial charge is 0.497 e. The summed E-state index contributed by atoms with van der Waals surface area (Å²) in [6.45, 7) is 0.229. The molecule has 4 aromatic rings. The van der Waals surface area contributed by atoms with Gasteiger partial charge in [0.1, 0.15) is 23.2 Å². The molecule has 1 heterocycles. The highest BCUT2D eigenvalue weighted by Crippen LogP contribution is 2.44. The average molecular weight is 577 g/mol. The van der Waals surface area contributed by atoms with Crippen molar-refractivity contribution in [1.29, 1.82) is 0 Å². The quantitative estimate of drug-likeness (QED) is 0.174. The van der Waals surface area contributed by atoms with E-state index in [1.807, 2.05) is 78.9 Å². The van der Waals surface area contributed by atoms with Crippen molar-refractivity contribution in [2.75, 3.05) is 20.8 Å². The molecule has 41 heavy (non-hydrogen) atoms. The molecular weight excluding hydrogens is 543 g/mol. The summed E-state index contributed by atoms with van der Waals surface area (Å²) in [6.07, 6.45) is 4.83. The van der Waals surface area contributed by atoms with Crippen molar-refractivity contribution < 1.29 is 32.9 Å². The second-order valence-electron chi connectivity index (χ2n) is 9.75. The molecule has 1 fully saturated rings. The third kappa shape index (κ3) is 6.60. The highest BCUT2D eigenvalue weighted by molar-refractivity contribution is 7.32. The Morgan fingerprint density at radius 3 is 2.00 bits per heavy atom. The lowest BCUT2D eigenvalue weighted by atomic mass is 9.80. The van der Waals surface area contributed by atoms with Gasteiger partial charge in [-0.15, -0.1) is 0 Å². The first kappa shape index (κ1) is 28.8. The molecule has 5 rings (SSSR count). The maximum Gasteiger partial charge on any atom is 0.316 e. The number of benzene rings is 3. The maximum atomic E-state index is 11.8. The highest BCUT2D eigenvalue weighted by Gasteiger charge is 2.43. The van der Waals surface area contributed by atoms with Crippen LogP contribution in [-0.2, 0) is 19.4 Å². The molecular formula is C31H33N2O7P. The molecule has 3 aromatic carbocycles. The van der Waals surface area contributed by atoms with Gasteiger partial charge < -0.3 is 28.4 Å². The summed E-state index contributed by atoms with van der Waals surface area (Å²) in [6, 6.07) is 25.6. The van der Waals surface area contributed by atoms with Gasteiger partial charge >= 0.3 is 8.25 Å². The smallest absolute Gasteiger partial charge is 0.316 e. The molecule has 0 amide bonds. The highest BCUT2D eigenvalue weighted by atomic mass is 31.1. The van der Waals surface area contributed by atoms with Gasteiger partial charge in [-0.3, -0.25) is 9.55 Å². The Bertz CT molecular complexity index is 1360. The van der Waals surface area contributed by atoms with Crippen LogP contribution in [-0.4, -0.2) is 47.9 Å². The number of aromatic nitrogens is 2. The van der Waals surface area contributed by atoms with E-state index in [-0.39, 0.29) is 18.6 Å². The van der Waals surface area contributed by atoms with Gasteiger partial charge in [0.05, 0.1) is 33.1 Å². The molecule has 1 aliphatic carbocycles. The van der Waals surface area contributed by atoms with E-state index in [2.05, 4.69) is 9.97 Å². The van der Waals surface area contributed by atoms with Crippen LogP contribution in [0.5, 0.6) is 17.4 Å². The fourth-order valence-corrected chi connectivity index (χ4v) is 5.95. The van der Waals surface area contributed by atoms with E-state index in [0.717, 1.165) is 28.2 Å². The zero-order valence-corrected chi connectivity index (χ0v) is 23.9. The Labute approximate surface area is 240 Å². The predicted molar refractivity (Wildman–Crippen MR) is 154 cm³/mol. The zero-order chi connectivity index (χ0) is 28.7. The van der Waals surface area contributed by atoms with E-state index in [4.69, 9.17) is 23.5 Å². The van der Waals surface area contributed by atoms with Crippen LogP contribution in [0.1, 0.15) is 29.5 Å². The molecule has 1 aliphatic rings. The normalized spacial score (nSPS) is 19.4. The van der Waals surface area contributed by atoms with Crippen LogP contribution < -0.4 is 14.2 Å². The van der Waals surface area contributed by atoms with Crippen molar-refractivity contribution in [2.45, 2.75) is 30.7 Å². The van der Waals surface area contributed by atoms with Crippen molar-refractivity contribution in [1.82, 2.24) is 9.97 Å². The van der Waals surface area contributed by atoms with E-state index in [9.17, 15) is 9.46 Å². The Kier molecular flexibility index (Phi) is 9.31. The van der Waals surface area contributed by atoms with Crippen LogP contribution in [0.3, 0.4) is 0 Å². The van der Waals surface area contributed by atoms with Gasteiger partial charge in [-0.05, 0) is 47.4 Å². The molecule has 0 saturated heterocycles. The van der Waals surface area contributed by atoms with Gasteiger partial charge in [-0.2, -0.15) is 0 Å². The van der Waals surface area contributed by atoms with Crippen LogP contribution >= 0.6 is 8.25 Å². The van der Waals surface area contributed by atoms with Crippen LogP contribution in [0, 0.1) is 5.92 Å². The van der Waals surface area contributed by atoms with Gasteiger partial charge in [0.25, 0.3) is 0 Å². The first-order chi connectivity index (χ1) is 20.0. The third-order valence-electron chi connectivity index (χ3n) is 7.35. The number of methoxy groups -OCH3 is 2. The van der Waals surface area contributed by atoms with Gasteiger partial charge in [0, 0.05) is 24.7 Å². The zero-order valence-electron chi connectivity index (χ0n) is 22.9. The molecule has 4 atom stereocenters. The molecule has 10 heteroatoms. The number of hydrogen-bond donors (Lipinski definition) is 1. The van der Waals surface area contributed by atoms with Crippen LogP contribution in [0.4, 0.5) is 0 Å². The van der Waals surface area contributed by atoms with Crippen LogP contribution in [0.2, 0.25) is 0 Å². The first-order valence-corrected chi connectivity index (χ1v) is 14.6. The SMILES string of the molecule is COc1ccc(C(OC[C@H]2C[C@@H](Oc3cnccn3)C[C@@H]2O[PH](=O)O)(c2ccccc2)c2ccc(OC)cc2)cc1. The van der Waals surface area contributed by atoms with Gasteiger partial charge in [-0.25, -0.2) is 4.98 Å². The van der Waals surface area contributed by atoms with Crippen LogP contribution in [0.25, 0.3) is 0 Å². The topological polar surface area (TPSA) is 109 Å². The van der Waals surface area contributed by atoms with Crippen molar-refractivity contribution in [2.24, 2.45) is 5.92 Å². The first-order valence-electron chi connectivity index (χ1n) is 13.3. The molecule has 0 bridgehead atoms. The second kappa shape index (κ2) is 13.3. The molecule has 0 radical (unpaired) electrons. The predicted octanol–water partition coefficient (Wildman–Crippen LogP) is 5.43. The van der Waals surface area contributed by atoms with Gasteiger partial charge in [0.2, 0.25) is 5.88 Å². The van der Waals surface area contributed by atoms with Gasteiger partial charge in [0.15, 0.2) is 0 Å². The fraction of sp³-hybridized carbons (Fsp3) is 0.290. The molecule has 0 aliphatic heterocycles. The second-order valence-corrected chi connectivity index (χ2v) is 10.5. The summed E-state index contributed by atoms with van der Waals surface area (Å²) in [5.74, 6) is 1.63. The molecule has 0 spiro atoms. The lowest BCUT2D eigenvalue weighted by molar-refractivity contribution is -0.0260. The van der Waals surface area contributed by atoms with Crippen LogP contribution in [0.15, 0.2) is 97.5 Å². The molecule has 9 nitrogen and oxygen atoms in total. The summed E-state index contributed by atoms with van der Waals surface area (Å²) in [5.41, 5.74) is 1.70. The number of ether oxygens (including phenoxy) is 4. The van der Waals surface area contributed by atoms with E-state index >= 15 is 0 Å². The van der Waals surface area contributed by atoms with Gasteiger partial charge in [-0.1, -0.05) is 54.6 Å². The molecule has 1 saturated carbocycles. The summed E-state index contributed by atoms with van der Waals surface area (Å²) < 4.78 is 41.2. The minimum Gasteiger partial charge on any atom is -0.497 e. The van der Waals surface area contributed by atoms with E-state index in [0.29, 0.717) is 18.7 Å². The fourth-order valence-electron chi connectivity index (χ4n) is 5.41. The number of hydrogen-bond acceptors (Lipinski definition) is 8. The minimum atomic E-state index is -3.19. The summed E-state index contributed by atoms with van der Waals surface area (Å²) in [5, 5.41) is 0. The van der Waals surface area contributed by atoms with E-state index in [1.54, 1.807) is 32.8 Å². The van der Waals surface area contributed by atoms with Crippen molar-refractivity contribution in [3.63, 3.8) is 0 Å². The Morgan fingerprint density at radius 1 is 0.854 bits per heavy atom. The van der Waals surface area contributed by atoms with Crippen molar-refractivity contribution in [3.8, 4) is 17.4 Å². The summed E-state index contributed by atoms with van der Waals surface area (Å²) in [4.78, 5) is 17.9. The Morgan fingerprint density at radius 2 is 1.46 bits per heavy atom.